The third kappa shape index (κ3) is 2.89. The van der Waals surface area contributed by atoms with E-state index in [0.717, 1.165) is 19.3 Å². The Morgan fingerprint density at radius 2 is 1.76 bits per heavy atom. The Bertz CT molecular complexity index is 481. The lowest BCUT2D eigenvalue weighted by atomic mass is 10.2. The average Bonchev–Trinajstić information content (AvgIpc) is 2.33. The van der Waals surface area contributed by atoms with Gasteiger partial charge in [-0.05, 0) is 25.0 Å². The summed E-state index contributed by atoms with van der Waals surface area (Å²) < 4.78 is 30.3. The standard InChI is InChI=1S/C11H16N2O3S/c12-10-6-2-3-7-11(10)16-17(14,15)13-8-4-1-5-9-13/h2-3,6-7H,1,4-5,8-9,12H2. The molecule has 0 bridgehead atoms. The van der Waals surface area contributed by atoms with E-state index in [1.165, 1.54) is 4.31 Å². The molecule has 1 heterocycles. The van der Waals surface area contributed by atoms with Crippen LogP contribution in [0.25, 0.3) is 0 Å². The SMILES string of the molecule is Nc1ccccc1OS(=O)(=O)N1CCCCC1. The molecule has 6 heteroatoms. The van der Waals surface area contributed by atoms with E-state index in [1.54, 1.807) is 24.3 Å². The number of nitrogen functional groups attached to an aromatic ring is 1. The van der Waals surface area contributed by atoms with Gasteiger partial charge in [-0.3, -0.25) is 0 Å². The van der Waals surface area contributed by atoms with Gasteiger partial charge in [0.1, 0.15) is 0 Å². The van der Waals surface area contributed by atoms with Gasteiger partial charge in [0.2, 0.25) is 0 Å². The van der Waals surface area contributed by atoms with Gasteiger partial charge in [0.25, 0.3) is 0 Å². The summed E-state index contributed by atoms with van der Waals surface area (Å²) in [6.45, 7) is 1.05. The van der Waals surface area contributed by atoms with Crippen LogP contribution in [0.1, 0.15) is 19.3 Å². The van der Waals surface area contributed by atoms with Crippen molar-refractivity contribution in [3.8, 4) is 5.75 Å². The van der Waals surface area contributed by atoms with Crippen molar-refractivity contribution >= 4 is 16.0 Å². The molecule has 94 valence electrons. The van der Waals surface area contributed by atoms with Gasteiger partial charge in [0, 0.05) is 13.1 Å². The van der Waals surface area contributed by atoms with Gasteiger partial charge in [0.15, 0.2) is 5.75 Å². The van der Waals surface area contributed by atoms with E-state index in [2.05, 4.69) is 0 Å². The molecule has 0 spiro atoms. The number of para-hydroxylation sites is 2. The van der Waals surface area contributed by atoms with Crippen molar-refractivity contribution in [1.29, 1.82) is 0 Å². The number of hydrogen-bond acceptors (Lipinski definition) is 4. The van der Waals surface area contributed by atoms with Gasteiger partial charge in [-0.1, -0.05) is 18.6 Å². The van der Waals surface area contributed by atoms with Crippen molar-refractivity contribution in [2.45, 2.75) is 19.3 Å². The summed E-state index contributed by atoms with van der Waals surface area (Å²) in [6.07, 6.45) is 2.83. The van der Waals surface area contributed by atoms with Crippen LogP contribution < -0.4 is 9.92 Å². The number of nitrogens with two attached hydrogens (primary N) is 1. The molecule has 0 atom stereocenters. The highest BCUT2D eigenvalue weighted by Crippen LogP contribution is 2.24. The minimum absolute atomic E-state index is 0.193. The predicted octanol–water partition coefficient (Wildman–Crippen LogP) is 1.38. The number of piperidine rings is 1. The van der Waals surface area contributed by atoms with Crippen LogP contribution in [0.4, 0.5) is 5.69 Å². The normalized spacial score (nSPS) is 17.9. The van der Waals surface area contributed by atoms with E-state index in [1.807, 2.05) is 0 Å². The molecule has 17 heavy (non-hydrogen) atoms. The first-order valence-corrected chi connectivity index (χ1v) is 7.00. The summed E-state index contributed by atoms with van der Waals surface area (Å²) in [6, 6.07) is 6.59. The molecule has 2 N–H and O–H groups in total. The molecule has 0 aliphatic carbocycles. The van der Waals surface area contributed by atoms with Gasteiger partial charge >= 0.3 is 10.3 Å². The van der Waals surface area contributed by atoms with Crippen LogP contribution in [-0.2, 0) is 10.3 Å². The molecule has 0 amide bonds. The molecule has 0 radical (unpaired) electrons. The summed E-state index contributed by atoms with van der Waals surface area (Å²) in [5, 5.41) is 0. The highest BCUT2D eigenvalue weighted by atomic mass is 32.2. The Hall–Kier alpha value is -1.27. The van der Waals surface area contributed by atoms with Crippen LogP contribution in [0.2, 0.25) is 0 Å². The van der Waals surface area contributed by atoms with E-state index in [-0.39, 0.29) is 5.75 Å². The number of rotatable bonds is 3. The lowest BCUT2D eigenvalue weighted by Gasteiger charge is -2.25. The van der Waals surface area contributed by atoms with Crippen molar-refractivity contribution in [1.82, 2.24) is 4.31 Å². The maximum Gasteiger partial charge on any atom is 0.385 e. The van der Waals surface area contributed by atoms with Gasteiger partial charge in [-0.2, -0.15) is 12.7 Å². The molecule has 2 rings (SSSR count). The molecule has 5 nitrogen and oxygen atoms in total. The Morgan fingerprint density at radius 1 is 1.12 bits per heavy atom. The molecule has 0 saturated carbocycles. The predicted molar refractivity (Wildman–Crippen MR) is 65.8 cm³/mol. The minimum Gasteiger partial charge on any atom is -0.396 e. The van der Waals surface area contributed by atoms with Crippen LogP contribution in [0, 0.1) is 0 Å². The Morgan fingerprint density at radius 3 is 2.41 bits per heavy atom. The van der Waals surface area contributed by atoms with Gasteiger partial charge in [-0.25, -0.2) is 0 Å². The first-order valence-electron chi connectivity index (χ1n) is 5.64. The summed E-state index contributed by atoms with van der Waals surface area (Å²) in [4.78, 5) is 0. The highest BCUT2D eigenvalue weighted by molar-refractivity contribution is 7.84. The third-order valence-corrected chi connectivity index (χ3v) is 4.13. The Balaban J connectivity index is 2.14. The van der Waals surface area contributed by atoms with Crippen molar-refractivity contribution < 1.29 is 12.6 Å². The zero-order valence-corrected chi connectivity index (χ0v) is 10.3. The monoisotopic (exact) mass is 256 g/mol. The maximum atomic E-state index is 12.0. The fourth-order valence-electron chi connectivity index (χ4n) is 1.81. The lowest BCUT2D eigenvalue weighted by Crippen LogP contribution is -2.38. The van der Waals surface area contributed by atoms with E-state index in [9.17, 15) is 8.42 Å². The molecule has 1 fully saturated rings. The molecule has 0 unspecified atom stereocenters. The highest BCUT2D eigenvalue weighted by Gasteiger charge is 2.26. The largest absolute Gasteiger partial charge is 0.396 e. The summed E-state index contributed by atoms with van der Waals surface area (Å²) in [5.74, 6) is 0.193. The Kier molecular flexibility index (Phi) is 3.54. The average molecular weight is 256 g/mol. The number of benzene rings is 1. The second-order valence-electron chi connectivity index (χ2n) is 4.04. The molecule has 1 aromatic carbocycles. The zero-order valence-electron chi connectivity index (χ0n) is 9.50. The van der Waals surface area contributed by atoms with Gasteiger partial charge in [0.05, 0.1) is 5.69 Å². The number of nitrogens with zero attached hydrogens (tertiary/aromatic N) is 1. The first-order chi connectivity index (χ1) is 8.09. The van der Waals surface area contributed by atoms with Crippen molar-refractivity contribution in [2.75, 3.05) is 18.8 Å². The van der Waals surface area contributed by atoms with E-state index < -0.39 is 10.3 Å². The molecule has 1 saturated heterocycles. The molecule has 1 aliphatic heterocycles. The van der Waals surface area contributed by atoms with Crippen LogP contribution in [0.3, 0.4) is 0 Å². The van der Waals surface area contributed by atoms with Crippen molar-refractivity contribution in [3.63, 3.8) is 0 Å². The Labute approximate surface area is 101 Å². The van der Waals surface area contributed by atoms with Gasteiger partial charge in [-0.15, -0.1) is 0 Å². The van der Waals surface area contributed by atoms with E-state index in [0.29, 0.717) is 18.8 Å². The summed E-state index contributed by atoms with van der Waals surface area (Å²) in [5.41, 5.74) is 5.98. The molecule has 1 aliphatic rings. The topological polar surface area (TPSA) is 72.6 Å². The second kappa shape index (κ2) is 4.93. The van der Waals surface area contributed by atoms with Crippen LogP contribution in [0.15, 0.2) is 24.3 Å². The molecular formula is C11H16N2O3S. The molecular weight excluding hydrogens is 240 g/mol. The van der Waals surface area contributed by atoms with Crippen molar-refractivity contribution in [2.24, 2.45) is 0 Å². The quantitative estimate of drug-likeness (QED) is 0.829. The van der Waals surface area contributed by atoms with Crippen LogP contribution in [-0.4, -0.2) is 25.8 Å². The van der Waals surface area contributed by atoms with Crippen molar-refractivity contribution in [3.05, 3.63) is 24.3 Å². The molecule has 0 aromatic heterocycles. The fourth-order valence-corrected chi connectivity index (χ4v) is 3.00. The summed E-state index contributed by atoms with van der Waals surface area (Å²) in [7, 11) is -3.71. The number of hydrogen-bond donors (Lipinski definition) is 1. The fraction of sp³-hybridized carbons (Fsp3) is 0.455. The maximum absolute atomic E-state index is 12.0. The first kappa shape index (κ1) is 12.2. The smallest absolute Gasteiger partial charge is 0.385 e. The minimum atomic E-state index is -3.71. The van der Waals surface area contributed by atoms with E-state index >= 15 is 0 Å². The second-order valence-corrected chi connectivity index (χ2v) is 5.58. The molecule has 1 aromatic rings. The van der Waals surface area contributed by atoms with Crippen LogP contribution in [0.5, 0.6) is 5.75 Å². The van der Waals surface area contributed by atoms with Crippen LogP contribution >= 0.6 is 0 Å². The number of anilines is 1. The third-order valence-electron chi connectivity index (χ3n) is 2.75. The van der Waals surface area contributed by atoms with E-state index in [4.69, 9.17) is 9.92 Å². The lowest BCUT2D eigenvalue weighted by molar-refractivity contribution is 0.312. The van der Waals surface area contributed by atoms with Gasteiger partial charge < -0.3 is 9.92 Å². The zero-order chi connectivity index (χ0) is 12.3. The summed E-state index contributed by atoms with van der Waals surface area (Å²) >= 11 is 0.